The van der Waals surface area contributed by atoms with Gasteiger partial charge >= 0.3 is 12.2 Å². The highest BCUT2D eigenvalue weighted by Gasteiger charge is 2.36. The van der Waals surface area contributed by atoms with Crippen molar-refractivity contribution >= 4 is 12.2 Å². The van der Waals surface area contributed by atoms with Gasteiger partial charge in [-0.25, -0.2) is 9.59 Å². The summed E-state index contributed by atoms with van der Waals surface area (Å²) in [5, 5.41) is 21.8. The van der Waals surface area contributed by atoms with Crippen LogP contribution in [0.5, 0.6) is 5.75 Å². The second-order valence-corrected chi connectivity index (χ2v) is 5.99. The van der Waals surface area contributed by atoms with E-state index in [1.54, 1.807) is 6.07 Å². The smallest absolute Gasteiger partial charge is 0.506 e. The number of carbonyl (C=O) groups excluding carboxylic acids is 1. The Morgan fingerprint density at radius 3 is 2.62 bits per heavy atom. The molecule has 136 valence electrons. The average Bonchev–Trinajstić information content (AvgIpc) is 2.62. The van der Waals surface area contributed by atoms with E-state index in [-0.39, 0.29) is 12.4 Å². The molecule has 0 bridgehead atoms. The van der Waals surface area contributed by atoms with Crippen molar-refractivity contribution in [3.63, 3.8) is 0 Å². The number of benzene rings is 2. The second kappa shape index (κ2) is 7.77. The minimum Gasteiger partial charge on any atom is -0.508 e. The standard InChI is InChI=1S/C19H19NO6/c21-14-8-4-7-13-9-10-15(26-19(23)24)17(16(13)14)20-18(22)25-11-12-5-2-1-3-6-12/h1-8,15,17,21H,9-11H2,(H,20,22)(H,23,24)/t15-,17?/m0/s1. The van der Waals surface area contributed by atoms with E-state index in [0.29, 0.717) is 18.4 Å². The fourth-order valence-electron chi connectivity index (χ4n) is 3.14. The minimum absolute atomic E-state index is 0.0189. The number of hydrogen-bond acceptors (Lipinski definition) is 5. The molecule has 0 aliphatic heterocycles. The molecule has 1 amide bonds. The summed E-state index contributed by atoms with van der Waals surface area (Å²) in [7, 11) is 0. The summed E-state index contributed by atoms with van der Waals surface area (Å²) >= 11 is 0. The van der Waals surface area contributed by atoms with Crippen molar-refractivity contribution in [3.8, 4) is 5.75 Å². The number of carbonyl (C=O) groups is 2. The van der Waals surface area contributed by atoms with Crippen LogP contribution in [0.1, 0.15) is 29.2 Å². The van der Waals surface area contributed by atoms with E-state index in [1.807, 2.05) is 36.4 Å². The van der Waals surface area contributed by atoms with Crippen LogP contribution in [0.4, 0.5) is 9.59 Å². The summed E-state index contributed by atoms with van der Waals surface area (Å²) in [6.07, 6.45) is -2.02. The van der Waals surface area contributed by atoms with E-state index in [4.69, 9.17) is 14.6 Å². The maximum Gasteiger partial charge on any atom is 0.506 e. The van der Waals surface area contributed by atoms with Crippen LogP contribution in [0, 0.1) is 0 Å². The van der Waals surface area contributed by atoms with Crippen molar-refractivity contribution in [1.82, 2.24) is 5.32 Å². The number of ether oxygens (including phenoxy) is 2. The summed E-state index contributed by atoms with van der Waals surface area (Å²) in [5.41, 5.74) is 2.12. The second-order valence-electron chi connectivity index (χ2n) is 5.99. The molecule has 1 aliphatic rings. The van der Waals surface area contributed by atoms with Gasteiger partial charge in [0.2, 0.25) is 0 Å². The summed E-state index contributed by atoms with van der Waals surface area (Å²) in [6.45, 7) is 0.0808. The van der Waals surface area contributed by atoms with Crippen LogP contribution in [0.25, 0.3) is 0 Å². The van der Waals surface area contributed by atoms with Crippen LogP contribution in [0.2, 0.25) is 0 Å². The van der Waals surface area contributed by atoms with E-state index >= 15 is 0 Å². The molecule has 3 N–H and O–H groups in total. The van der Waals surface area contributed by atoms with Crippen LogP contribution in [0.15, 0.2) is 48.5 Å². The summed E-state index contributed by atoms with van der Waals surface area (Å²) in [6, 6.07) is 13.4. The zero-order chi connectivity index (χ0) is 18.5. The lowest BCUT2D eigenvalue weighted by molar-refractivity contribution is 0.0244. The summed E-state index contributed by atoms with van der Waals surface area (Å²) < 4.78 is 10.1. The third-order valence-electron chi connectivity index (χ3n) is 4.29. The van der Waals surface area contributed by atoms with E-state index in [9.17, 15) is 14.7 Å². The molecule has 0 spiro atoms. The fraction of sp³-hybridized carbons (Fsp3) is 0.263. The van der Waals surface area contributed by atoms with Crippen molar-refractivity contribution in [2.45, 2.75) is 31.6 Å². The molecule has 0 fully saturated rings. The van der Waals surface area contributed by atoms with Crippen LogP contribution in [-0.4, -0.2) is 28.6 Å². The highest BCUT2D eigenvalue weighted by molar-refractivity contribution is 5.69. The Labute approximate surface area is 150 Å². The van der Waals surface area contributed by atoms with Gasteiger partial charge in [0.25, 0.3) is 0 Å². The largest absolute Gasteiger partial charge is 0.508 e. The quantitative estimate of drug-likeness (QED) is 0.725. The molecule has 26 heavy (non-hydrogen) atoms. The first-order chi connectivity index (χ1) is 12.5. The highest BCUT2D eigenvalue weighted by Crippen LogP contribution is 2.37. The molecule has 0 aromatic heterocycles. The van der Waals surface area contributed by atoms with Gasteiger partial charge < -0.3 is 25.0 Å². The molecular weight excluding hydrogens is 338 g/mol. The highest BCUT2D eigenvalue weighted by atomic mass is 16.7. The van der Waals surface area contributed by atoms with Gasteiger partial charge in [-0.2, -0.15) is 0 Å². The third-order valence-corrected chi connectivity index (χ3v) is 4.29. The van der Waals surface area contributed by atoms with Gasteiger partial charge in [0.05, 0.1) is 6.04 Å². The molecule has 0 saturated carbocycles. The SMILES string of the molecule is O=C(O)O[C@H]1CCc2cccc(O)c2C1NC(=O)OCc1ccccc1. The molecule has 0 saturated heterocycles. The number of fused-ring (bicyclic) bond motifs is 1. The molecule has 7 nitrogen and oxygen atoms in total. The van der Waals surface area contributed by atoms with Crippen molar-refractivity contribution in [2.24, 2.45) is 0 Å². The van der Waals surface area contributed by atoms with Gasteiger partial charge in [-0.05, 0) is 30.0 Å². The maximum atomic E-state index is 12.2. The number of alkyl carbamates (subject to hydrolysis) is 1. The molecule has 3 rings (SSSR count). The minimum atomic E-state index is -1.43. The van der Waals surface area contributed by atoms with Gasteiger partial charge in [-0.3, -0.25) is 0 Å². The fourth-order valence-corrected chi connectivity index (χ4v) is 3.14. The number of amides is 1. The number of aryl methyl sites for hydroxylation is 1. The number of hydrogen-bond donors (Lipinski definition) is 3. The van der Waals surface area contributed by atoms with Crippen LogP contribution < -0.4 is 5.32 Å². The monoisotopic (exact) mass is 357 g/mol. The van der Waals surface area contributed by atoms with Gasteiger partial charge in [-0.1, -0.05) is 42.5 Å². The zero-order valence-electron chi connectivity index (χ0n) is 13.9. The molecule has 1 aliphatic carbocycles. The number of nitrogens with one attached hydrogen (secondary N) is 1. The molecule has 7 heteroatoms. The van der Waals surface area contributed by atoms with Crippen LogP contribution in [0.3, 0.4) is 0 Å². The molecule has 2 aromatic rings. The number of phenols is 1. The molecule has 0 heterocycles. The average molecular weight is 357 g/mol. The van der Waals surface area contributed by atoms with E-state index < -0.39 is 24.4 Å². The Bertz CT molecular complexity index is 792. The van der Waals surface area contributed by atoms with Gasteiger partial charge in [-0.15, -0.1) is 0 Å². The van der Waals surface area contributed by atoms with Gasteiger partial charge in [0, 0.05) is 5.56 Å². The summed E-state index contributed by atoms with van der Waals surface area (Å²) in [4.78, 5) is 23.2. The maximum absolute atomic E-state index is 12.2. The number of rotatable bonds is 4. The lowest BCUT2D eigenvalue weighted by Gasteiger charge is -2.33. The van der Waals surface area contributed by atoms with Crippen LogP contribution >= 0.6 is 0 Å². The molecular formula is C19H19NO6. The Kier molecular flexibility index (Phi) is 5.26. The van der Waals surface area contributed by atoms with Gasteiger partial charge in [0.1, 0.15) is 18.5 Å². The Balaban J connectivity index is 1.75. The number of carboxylic acid groups (broad SMARTS) is 1. The first-order valence-corrected chi connectivity index (χ1v) is 8.22. The predicted molar refractivity (Wildman–Crippen MR) is 91.8 cm³/mol. The molecule has 0 radical (unpaired) electrons. The van der Waals surface area contributed by atoms with E-state index in [1.165, 1.54) is 6.07 Å². The normalized spacial score (nSPS) is 18.5. The molecule has 1 unspecified atom stereocenters. The van der Waals surface area contributed by atoms with Crippen molar-refractivity contribution in [3.05, 3.63) is 65.2 Å². The first kappa shape index (κ1) is 17.6. The third kappa shape index (κ3) is 4.05. The number of phenolic OH excluding ortho intramolecular Hbond substituents is 1. The Morgan fingerprint density at radius 2 is 1.88 bits per heavy atom. The number of aromatic hydroxyl groups is 1. The molecule has 2 atom stereocenters. The Morgan fingerprint density at radius 1 is 1.12 bits per heavy atom. The van der Waals surface area contributed by atoms with Crippen molar-refractivity contribution in [2.75, 3.05) is 0 Å². The van der Waals surface area contributed by atoms with Crippen LogP contribution in [-0.2, 0) is 22.5 Å². The topological polar surface area (TPSA) is 105 Å². The van der Waals surface area contributed by atoms with Crippen molar-refractivity contribution < 1.29 is 29.3 Å². The Hall–Kier alpha value is -3.22. The van der Waals surface area contributed by atoms with Gasteiger partial charge in [0.15, 0.2) is 0 Å². The lowest BCUT2D eigenvalue weighted by atomic mass is 9.85. The predicted octanol–water partition coefficient (Wildman–Crippen LogP) is 3.37. The summed E-state index contributed by atoms with van der Waals surface area (Å²) in [5.74, 6) is -0.0189. The van der Waals surface area contributed by atoms with E-state index in [0.717, 1.165) is 11.1 Å². The first-order valence-electron chi connectivity index (χ1n) is 8.22. The lowest BCUT2D eigenvalue weighted by Crippen LogP contribution is -2.41. The van der Waals surface area contributed by atoms with Crippen molar-refractivity contribution in [1.29, 1.82) is 0 Å². The molecule has 2 aromatic carbocycles. The van der Waals surface area contributed by atoms with E-state index in [2.05, 4.69) is 5.32 Å². The zero-order valence-corrected chi connectivity index (χ0v) is 13.9.